The minimum atomic E-state index is -2.95. The molecule has 0 aromatic heterocycles. The quantitative estimate of drug-likeness (QED) is 0.549. The maximum atomic E-state index is 11.2. The fraction of sp³-hybridized carbons (Fsp3) is 0.588. The zero-order valence-corrected chi connectivity index (χ0v) is 16.0. The molecule has 0 saturated heterocycles. The first-order valence-corrected chi connectivity index (χ1v) is 10.1. The van der Waals surface area contributed by atoms with E-state index in [4.69, 9.17) is 4.74 Å². The fourth-order valence-electron chi connectivity index (χ4n) is 2.08. The van der Waals surface area contributed by atoms with Crippen LogP contribution in [0.25, 0.3) is 0 Å². The SMILES string of the molecule is CN=C(NCC(C)Oc1ccccc1C)NC(C)CCS(C)(=O)=O. The van der Waals surface area contributed by atoms with Gasteiger partial charge >= 0.3 is 0 Å². The van der Waals surface area contributed by atoms with E-state index in [0.29, 0.717) is 18.9 Å². The minimum absolute atomic E-state index is 0.0125. The molecule has 0 heterocycles. The number of nitrogens with zero attached hydrogens (tertiary/aromatic N) is 1. The van der Waals surface area contributed by atoms with Crippen molar-refractivity contribution in [2.45, 2.75) is 39.3 Å². The van der Waals surface area contributed by atoms with Gasteiger partial charge < -0.3 is 15.4 Å². The zero-order chi connectivity index (χ0) is 18.2. The lowest BCUT2D eigenvalue weighted by atomic mass is 10.2. The predicted molar refractivity (Wildman–Crippen MR) is 99.6 cm³/mol. The second kappa shape index (κ2) is 9.52. The Hall–Kier alpha value is -1.76. The number of benzene rings is 1. The highest BCUT2D eigenvalue weighted by Gasteiger charge is 2.11. The van der Waals surface area contributed by atoms with Crippen molar-refractivity contribution in [1.82, 2.24) is 10.6 Å². The Bertz CT molecular complexity index is 644. The fourth-order valence-corrected chi connectivity index (χ4v) is 2.86. The van der Waals surface area contributed by atoms with Gasteiger partial charge in [0.2, 0.25) is 0 Å². The van der Waals surface area contributed by atoms with Gasteiger partial charge in [0.1, 0.15) is 21.7 Å². The molecular weight excluding hydrogens is 326 g/mol. The summed E-state index contributed by atoms with van der Waals surface area (Å²) in [5.74, 6) is 1.66. The van der Waals surface area contributed by atoms with Crippen molar-refractivity contribution < 1.29 is 13.2 Å². The second-order valence-electron chi connectivity index (χ2n) is 6.11. The summed E-state index contributed by atoms with van der Waals surface area (Å²) >= 11 is 0. The topological polar surface area (TPSA) is 79.8 Å². The molecule has 7 heteroatoms. The summed E-state index contributed by atoms with van der Waals surface area (Å²) in [6.45, 7) is 6.53. The lowest BCUT2D eigenvalue weighted by Crippen LogP contribution is -2.45. The van der Waals surface area contributed by atoms with Crippen LogP contribution in [0.5, 0.6) is 5.75 Å². The number of aliphatic imine (C=N–C) groups is 1. The summed E-state index contributed by atoms with van der Waals surface area (Å²) < 4.78 is 28.3. The summed E-state index contributed by atoms with van der Waals surface area (Å²) in [6.07, 6.45) is 1.75. The Labute approximate surface area is 145 Å². The van der Waals surface area contributed by atoms with Crippen LogP contribution in [0.4, 0.5) is 0 Å². The molecule has 0 aliphatic heterocycles. The lowest BCUT2D eigenvalue weighted by Gasteiger charge is -2.21. The van der Waals surface area contributed by atoms with Crippen molar-refractivity contribution in [3.05, 3.63) is 29.8 Å². The molecule has 0 radical (unpaired) electrons. The van der Waals surface area contributed by atoms with Crippen molar-refractivity contribution in [3.8, 4) is 5.75 Å². The van der Waals surface area contributed by atoms with Gasteiger partial charge in [0, 0.05) is 19.3 Å². The highest BCUT2D eigenvalue weighted by Crippen LogP contribution is 2.17. The minimum Gasteiger partial charge on any atom is -0.489 e. The number of aryl methyl sites for hydroxylation is 1. The van der Waals surface area contributed by atoms with Crippen LogP contribution in [0.3, 0.4) is 0 Å². The number of nitrogens with one attached hydrogen (secondary N) is 2. The maximum Gasteiger partial charge on any atom is 0.191 e. The Morgan fingerprint density at radius 3 is 2.54 bits per heavy atom. The van der Waals surface area contributed by atoms with Crippen LogP contribution in [-0.4, -0.2) is 52.1 Å². The molecule has 0 bridgehead atoms. The number of guanidine groups is 1. The first-order valence-electron chi connectivity index (χ1n) is 8.08. The average Bonchev–Trinajstić information content (AvgIpc) is 2.51. The molecule has 2 atom stereocenters. The largest absolute Gasteiger partial charge is 0.489 e. The molecular formula is C17H29N3O3S. The van der Waals surface area contributed by atoms with Crippen molar-refractivity contribution >= 4 is 15.8 Å². The molecule has 2 N–H and O–H groups in total. The van der Waals surface area contributed by atoms with Crippen LogP contribution >= 0.6 is 0 Å². The monoisotopic (exact) mass is 355 g/mol. The number of hydrogen-bond acceptors (Lipinski definition) is 4. The molecule has 0 aliphatic carbocycles. The van der Waals surface area contributed by atoms with Gasteiger partial charge in [-0.15, -0.1) is 0 Å². The number of para-hydroxylation sites is 1. The van der Waals surface area contributed by atoms with Crippen molar-refractivity contribution in [3.63, 3.8) is 0 Å². The van der Waals surface area contributed by atoms with E-state index in [1.165, 1.54) is 6.26 Å². The highest BCUT2D eigenvalue weighted by atomic mass is 32.2. The van der Waals surface area contributed by atoms with Crippen molar-refractivity contribution in [1.29, 1.82) is 0 Å². The van der Waals surface area contributed by atoms with Crippen LogP contribution in [-0.2, 0) is 9.84 Å². The van der Waals surface area contributed by atoms with Crippen LogP contribution < -0.4 is 15.4 Å². The maximum absolute atomic E-state index is 11.2. The molecule has 2 unspecified atom stereocenters. The molecule has 0 fully saturated rings. The first-order chi connectivity index (χ1) is 11.2. The number of hydrogen-bond donors (Lipinski definition) is 2. The summed E-state index contributed by atoms with van der Waals surface area (Å²) in [5.41, 5.74) is 1.10. The van der Waals surface area contributed by atoms with E-state index >= 15 is 0 Å². The molecule has 24 heavy (non-hydrogen) atoms. The van der Waals surface area contributed by atoms with E-state index in [1.807, 2.05) is 45.0 Å². The molecule has 0 amide bonds. The number of rotatable bonds is 8. The summed E-state index contributed by atoms with van der Waals surface area (Å²) in [7, 11) is -1.26. The third-order valence-electron chi connectivity index (χ3n) is 3.51. The second-order valence-corrected chi connectivity index (χ2v) is 8.37. The number of ether oxygens (including phenoxy) is 1. The van der Waals surface area contributed by atoms with E-state index in [9.17, 15) is 8.42 Å². The third-order valence-corrected chi connectivity index (χ3v) is 4.48. The van der Waals surface area contributed by atoms with Crippen molar-refractivity contribution in [2.75, 3.05) is 25.6 Å². The van der Waals surface area contributed by atoms with Gasteiger partial charge in [-0.2, -0.15) is 0 Å². The Morgan fingerprint density at radius 2 is 1.96 bits per heavy atom. The summed E-state index contributed by atoms with van der Waals surface area (Å²) in [6, 6.07) is 7.91. The Morgan fingerprint density at radius 1 is 1.29 bits per heavy atom. The molecule has 0 saturated carbocycles. The Kier molecular flexibility index (Phi) is 8.04. The molecule has 1 aromatic rings. The molecule has 0 spiro atoms. The summed E-state index contributed by atoms with van der Waals surface area (Å²) in [5, 5.41) is 6.39. The number of sulfone groups is 1. The van der Waals surface area contributed by atoms with Crippen LogP contribution in [0.15, 0.2) is 29.3 Å². The zero-order valence-electron chi connectivity index (χ0n) is 15.2. The Balaban J connectivity index is 2.42. The van der Waals surface area contributed by atoms with Gasteiger partial charge in [0.05, 0.1) is 12.3 Å². The molecule has 136 valence electrons. The molecule has 6 nitrogen and oxygen atoms in total. The van der Waals surface area contributed by atoms with Crippen LogP contribution in [0.2, 0.25) is 0 Å². The standard InChI is InChI=1S/C17H29N3O3S/c1-13-8-6-7-9-16(13)23-15(3)12-19-17(18-4)20-14(2)10-11-24(5,21)22/h6-9,14-15H,10-12H2,1-5H3,(H2,18,19,20). The molecule has 1 rings (SSSR count). The van der Waals surface area contributed by atoms with Crippen LogP contribution in [0, 0.1) is 6.92 Å². The van der Waals surface area contributed by atoms with Gasteiger partial charge in [-0.25, -0.2) is 8.42 Å². The van der Waals surface area contributed by atoms with Gasteiger partial charge in [-0.1, -0.05) is 18.2 Å². The van der Waals surface area contributed by atoms with Gasteiger partial charge in [0.25, 0.3) is 0 Å². The van der Waals surface area contributed by atoms with Crippen LogP contribution in [0.1, 0.15) is 25.8 Å². The van der Waals surface area contributed by atoms with Gasteiger partial charge in [0.15, 0.2) is 5.96 Å². The summed E-state index contributed by atoms with van der Waals surface area (Å²) in [4.78, 5) is 4.16. The van der Waals surface area contributed by atoms with E-state index in [2.05, 4.69) is 15.6 Å². The van der Waals surface area contributed by atoms with Gasteiger partial charge in [-0.3, -0.25) is 4.99 Å². The molecule has 0 aliphatic rings. The first kappa shape index (κ1) is 20.3. The average molecular weight is 356 g/mol. The van der Waals surface area contributed by atoms with Gasteiger partial charge in [-0.05, 0) is 38.8 Å². The predicted octanol–water partition coefficient (Wildman–Crippen LogP) is 1.75. The highest BCUT2D eigenvalue weighted by molar-refractivity contribution is 7.90. The van der Waals surface area contributed by atoms with E-state index < -0.39 is 9.84 Å². The van der Waals surface area contributed by atoms with Crippen molar-refractivity contribution in [2.24, 2.45) is 4.99 Å². The van der Waals surface area contributed by atoms with E-state index in [1.54, 1.807) is 7.05 Å². The van der Waals surface area contributed by atoms with E-state index in [0.717, 1.165) is 11.3 Å². The third kappa shape index (κ3) is 8.19. The normalized spacial score (nSPS) is 14.8. The van der Waals surface area contributed by atoms with E-state index in [-0.39, 0.29) is 17.9 Å². The lowest BCUT2D eigenvalue weighted by molar-refractivity contribution is 0.222. The molecule has 1 aromatic carbocycles. The smallest absolute Gasteiger partial charge is 0.191 e.